The van der Waals surface area contributed by atoms with Crippen molar-refractivity contribution in [3.8, 4) is 0 Å². The van der Waals surface area contributed by atoms with Crippen LogP contribution in [0.3, 0.4) is 0 Å². The number of rotatable bonds is 3. The number of anilines is 2. The number of carbonyl (C=O) groups excluding carboxylic acids is 2. The van der Waals surface area contributed by atoms with Crippen LogP contribution in [0, 0.1) is 0 Å². The summed E-state index contributed by atoms with van der Waals surface area (Å²) in [5.74, 6) is -0.321. The number of nitrogens with one attached hydrogen (secondary N) is 2. The van der Waals surface area contributed by atoms with E-state index in [4.69, 9.17) is 23.2 Å². The fraction of sp³-hybridized carbons (Fsp3) is 0.125. The molecule has 23 heavy (non-hydrogen) atoms. The van der Waals surface area contributed by atoms with Crippen molar-refractivity contribution in [1.82, 2.24) is 5.32 Å². The van der Waals surface area contributed by atoms with Gasteiger partial charge in [0, 0.05) is 29.5 Å². The first-order valence-corrected chi connectivity index (χ1v) is 7.72. The maximum Gasteiger partial charge on any atom is 0.321 e. The molecule has 5 nitrogen and oxygen atoms in total. The minimum absolute atomic E-state index is 0.116. The topological polar surface area (TPSA) is 61.4 Å². The van der Waals surface area contributed by atoms with Crippen LogP contribution in [-0.4, -0.2) is 25.0 Å². The third-order valence-corrected chi connectivity index (χ3v) is 4.02. The molecule has 2 aromatic rings. The Morgan fingerprint density at radius 1 is 1.13 bits per heavy atom. The number of carbonyl (C=O) groups is 2. The average molecular weight is 350 g/mol. The zero-order valence-corrected chi connectivity index (χ0v) is 13.5. The molecule has 0 aromatic heterocycles. The molecule has 0 unspecified atom stereocenters. The maximum absolute atomic E-state index is 12.2. The Hall–Kier alpha value is -2.24. The number of halogens is 2. The summed E-state index contributed by atoms with van der Waals surface area (Å²) >= 11 is 11.8. The third-order valence-electron chi connectivity index (χ3n) is 3.47. The Balaban J connectivity index is 1.73. The Morgan fingerprint density at radius 3 is 2.48 bits per heavy atom. The highest BCUT2D eigenvalue weighted by Crippen LogP contribution is 2.23. The molecule has 118 valence electrons. The van der Waals surface area contributed by atoms with E-state index in [0.29, 0.717) is 34.4 Å². The highest BCUT2D eigenvalue weighted by Gasteiger charge is 2.20. The summed E-state index contributed by atoms with van der Waals surface area (Å²) < 4.78 is 0. The molecule has 1 saturated heterocycles. The third kappa shape index (κ3) is 3.41. The van der Waals surface area contributed by atoms with Gasteiger partial charge in [-0.3, -0.25) is 9.69 Å². The van der Waals surface area contributed by atoms with E-state index in [2.05, 4.69) is 10.6 Å². The summed E-state index contributed by atoms with van der Waals surface area (Å²) in [5.41, 5.74) is 1.74. The lowest BCUT2D eigenvalue weighted by Gasteiger charge is -2.15. The lowest BCUT2D eigenvalue weighted by molar-refractivity contribution is 0.102. The molecule has 0 atom stereocenters. The fourth-order valence-electron chi connectivity index (χ4n) is 2.31. The van der Waals surface area contributed by atoms with Gasteiger partial charge in [0.15, 0.2) is 0 Å². The van der Waals surface area contributed by atoms with Crippen LogP contribution < -0.4 is 15.5 Å². The Kier molecular flexibility index (Phi) is 4.41. The average Bonchev–Trinajstić information content (AvgIpc) is 2.94. The van der Waals surface area contributed by atoms with E-state index in [0.717, 1.165) is 5.69 Å². The molecule has 2 aromatic carbocycles. The van der Waals surface area contributed by atoms with E-state index in [1.165, 1.54) is 6.07 Å². The largest absolute Gasteiger partial charge is 0.336 e. The normalized spacial score (nSPS) is 13.8. The quantitative estimate of drug-likeness (QED) is 0.885. The van der Waals surface area contributed by atoms with Crippen LogP contribution >= 0.6 is 23.2 Å². The summed E-state index contributed by atoms with van der Waals surface area (Å²) in [6.45, 7) is 1.26. The SMILES string of the molecule is O=C(Nc1ccc(N2CCNC2=O)cc1)c1ccc(Cl)cc1Cl. The molecule has 7 heteroatoms. The number of amides is 3. The van der Waals surface area contributed by atoms with E-state index >= 15 is 0 Å². The molecule has 0 radical (unpaired) electrons. The second kappa shape index (κ2) is 6.48. The molecule has 0 spiro atoms. The first-order chi connectivity index (χ1) is 11.0. The molecule has 2 N–H and O–H groups in total. The van der Waals surface area contributed by atoms with Gasteiger partial charge in [-0.1, -0.05) is 23.2 Å². The zero-order chi connectivity index (χ0) is 16.4. The van der Waals surface area contributed by atoms with Crippen LogP contribution in [0.5, 0.6) is 0 Å². The van der Waals surface area contributed by atoms with Gasteiger partial charge in [-0.15, -0.1) is 0 Å². The van der Waals surface area contributed by atoms with Crippen molar-refractivity contribution in [2.75, 3.05) is 23.3 Å². The summed E-state index contributed by atoms with van der Waals surface area (Å²) in [6, 6.07) is 11.6. The van der Waals surface area contributed by atoms with Gasteiger partial charge >= 0.3 is 6.03 Å². The molecule has 1 heterocycles. The van der Waals surface area contributed by atoms with E-state index in [-0.39, 0.29) is 11.9 Å². The van der Waals surface area contributed by atoms with Crippen LogP contribution in [0.1, 0.15) is 10.4 Å². The van der Waals surface area contributed by atoms with Crippen molar-refractivity contribution < 1.29 is 9.59 Å². The van der Waals surface area contributed by atoms with Gasteiger partial charge < -0.3 is 10.6 Å². The number of nitrogens with zero attached hydrogens (tertiary/aromatic N) is 1. The maximum atomic E-state index is 12.2. The standard InChI is InChI=1S/C16H13Cl2N3O2/c17-10-1-6-13(14(18)9-10)15(22)20-11-2-4-12(5-3-11)21-8-7-19-16(21)23/h1-6,9H,7-8H2,(H,19,23)(H,20,22). The van der Waals surface area contributed by atoms with Crippen molar-refractivity contribution in [2.45, 2.75) is 0 Å². The smallest absolute Gasteiger partial charge is 0.321 e. The minimum Gasteiger partial charge on any atom is -0.336 e. The Labute approximate surface area is 143 Å². The van der Waals surface area contributed by atoms with Crippen molar-refractivity contribution in [3.05, 3.63) is 58.1 Å². The molecular weight excluding hydrogens is 337 g/mol. The van der Waals surface area contributed by atoms with Crippen molar-refractivity contribution in [2.24, 2.45) is 0 Å². The molecule has 0 bridgehead atoms. The summed E-state index contributed by atoms with van der Waals surface area (Å²) in [5, 5.41) is 6.26. The first kappa shape index (κ1) is 15.6. The van der Waals surface area contributed by atoms with Gasteiger partial charge in [-0.2, -0.15) is 0 Å². The van der Waals surface area contributed by atoms with Gasteiger partial charge in [0.25, 0.3) is 5.91 Å². The van der Waals surface area contributed by atoms with E-state index in [9.17, 15) is 9.59 Å². The zero-order valence-electron chi connectivity index (χ0n) is 12.0. The Morgan fingerprint density at radius 2 is 1.87 bits per heavy atom. The van der Waals surface area contributed by atoms with E-state index < -0.39 is 0 Å². The molecule has 0 saturated carbocycles. The van der Waals surface area contributed by atoms with Crippen LogP contribution in [0.4, 0.5) is 16.2 Å². The fourth-order valence-corrected chi connectivity index (χ4v) is 2.81. The van der Waals surface area contributed by atoms with Crippen molar-refractivity contribution >= 4 is 46.5 Å². The summed E-state index contributed by atoms with van der Waals surface area (Å²) in [7, 11) is 0. The molecule has 3 amide bonds. The molecule has 1 aliphatic heterocycles. The lowest BCUT2D eigenvalue weighted by atomic mass is 10.2. The number of urea groups is 1. The number of hydrogen-bond donors (Lipinski definition) is 2. The van der Waals surface area contributed by atoms with Crippen molar-refractivity contribution in [1.29, 1.82) is 0 Å². The molecule has 1 fully saturated rings. The molecular formula is C16H13Cl2N3O2. The summed E-state index contributed by atoms with van der Waals surface area (Å²) in [4.78, 5) is 25.5. The predicted molar refractivity (Wildman–Crippen MR) is 91.6 cm³/mol. The second-order valence-corrected chi connectivity index (χ2v) is 5.85. The van der Waals surface area contributed by atoms with Crippen LogP contribution in [0.15, 0.2) is 42.5 Å². The van der Waals surface area contributed by atoms with Gasteiger partial charge in [0.2, 0.25) is 0 Å². The van der Waals surface area contributed by atoms with Crippen LogP contribution in [0.2, 0.25) is 10.0 Å². The highest BCUT2D eigenvalue weighted by molar-refractivity contribution is 6.37. The highest BCUT2D eigenvalue weighted by atomic mass is 35.5. The predicted octanol–water partition coefficient (Wildman–Crippen LogP) is 3.78. The van der Waals surface area contributed by atoms with Gasteiger partial charge in [-0.25, -0.2) is 4.79 Å². The Bertz CT molecular complexity index is 762. The van der Waals surface area contributed by atoms with Crippen molar-refractivity contribution in [3.63, 3.8) is 0 Å². The van der Waals surface area contributed by atoms with Gasteiger partial charge in [0.1, 0.15) is 0 Å². The van der Waals surface area contributed by atoms with E-state index in [1.54, 1.807) is 41.3 Å². The van der Waals surface area contributed by atoms with E-state index in [1.807, 2.05) is 0 Å². The molecule has 3 rings (SSSR count). The summed E-state index contributed by atoms with van der Waals surface area (Å²) in [6.07, 6.45) is 0. The second-order valence-electron chi connectivity index (χ2n) is 5.01. The number of hydrogen-bond acceptors (Lipinski definition) is 2. The number of benzene rings is 2. The monoisotopic (exact) mass is 349 g/mol. The first-order valence-electron chi connectivity index (χ1n) is 6.96. The van der Waals surface area contributed by atoms with Gasteiger partial charge in [-0.05, 0) is 42.5 Å². The van der Waals surface area contributed by atoms with Crippen LogP contribution in [0.25, 0.3) is 0 Å². The van der Waals surface area contributed by atoms with Crippen LogP contribution in [-0.2, 0) is 0 Å². The van der Waals surface area contributed by atoms with Gasteiger partial charge in [0.05, 0.1) is 10.6 Å². The lowest BCUT2D eigenvalue weighted by Crippen LogP contribution is -2.27. The molecule has 1 aliphatic rings. The minimum atomic E-state index is -0.321. The molecule has 0 aliphatic carbocycles.